The van der Waals surface area contributed by atoms with Gasteiger partial charge >= 0.3 is 0 Å². The van der Waals surface area contributed by atoms with Gasteiger partial charge in [-0.2, -0.15) is 5.10 Å². The first-order valence-corrected chi connectivity index (χ1v) is 10.6. The van der Waals surface area contributed by atoms with E-state index in [1.807, 2.05) is 19.9 Å². The lowest BCUT2D eigenvalue weighted by atomic mass is 10.0. The Morgan fingerprint density at radius 1 is 1.06 bits per heavy atom. The van der Waals surface area contributed by atoms with E-state index < -0.39 is 0 Å². The van der Waals surface area contributed by atoms with Gasteiger partial charge in [0.15, 0.2) is 5.78 Å². The number of hydrogen-bond acceptors (Lipinski definition) is 5. The van der Waals surface area contributed by atoms with E-state index in [0.717, 1.165) is 18.4 Å². The van der Waals surface area contributed by atoms with E-state index >= 15 is 0 Å². The number of amides is 2. The van der Waals surface area contributed by atoms with Crippen LogP contribution in [-0.2, 0) is 0 Å². The fraction of sp³-hybridized carbons (Fsp3) is 0.250. The average molecular weight is 431 g/mol. The lowest BCUT2D eigenvalue weighted by molar-refractivity contribution is 0.0944. The number of benzene rings is 2. The Balaban J connectivity index is 1.64. The van der Waals surface area contributed by atoms with Crippen LogP contribution < -0.4 is 16.4 Å². The second kappa shape index (κ2) is 8.66. The minimum Gasteiger partial charge on any atom is -0.383 e. The minimum atomic E-state index is -0.333. The van der Waals surface area contributed by atoms with Crippen LogP contribution in [-0.4, -0.2) is 40.0 Å². The maximum Gasteiger partial charge on any atom is 0.251 e. The third-order valence-electron chi connectivity index (χ3n) is 5.39. The van der Waals surface area contributed by atoms with E-state index in [9.17, 15) is 14.4 Å². The van der Waals surface area contributed by atoms with Gasteiger partial charge in [-0.15, -0.1) is 0 Å². The van der Waals surface area contributed by atoms with Crippen LogP contribution in [0.25, 0.3) is 5.69 Å². The molecule has 0 atom stereocenters. The van der Waals surface area contributed by atoms with Crippen molar-refractivity contribution in [3.05, 3.63) is 76.5 Å². The summed E-state index contributed by atoms with van der Waals surface area (Å²) in [6.07, 6.45) is 3.42. The molecular formula is C24H25N5O3. The number of rotatable bonds is 7. The molecule has 8 nitrogen and oxygen atoms in total. The van der Waals surface area contributed by atoms with Crippen molar-refractivity contribution in [3.8, 4) is 5.69 Å². The first kappa shape index (κ1) is 21.3. The van der Waals surface area contributed by atoms with Crippen LogP contribution in [0.2, 0.25) is 0 Å². The Morgan fingerprint density at radius 3 is 2.50 bits per heavy atom. The SMILES string of the molecule is CCNC(=O)c1cccc(C(=O)c2cnn(-c3cc(C(=O)NC4CC4)ccc3C)c2N)c1. The largest absolute Gasteiger partial charge is 0.383 e. The molecule has 0 unspecified atom stereocenters. The van der Waals surface area contributed by atoms with Crippen LogP contribution in [0.15, 0.2) is 48.7 Å². The van der Waals surface area contributed by atoms with E-state index in [1.54, 1.807) is 30.3 Å². The molecule has 2 amide bonds. The highest BCUT2D eigenvalue weighted by molar-refractivity contribution is 6.12. The molecule has 1 aliphatic carbocycles. The van der Waals surface area contributed by atoms with Crippen LogP contribution in [0, 0.1) is 6.92 Å². The summed E-state index contributed by atoms with van der Waals surface area (Å²) in [5.74, 6) is -0.554. The molecule has 1 fully saturated rings. The summed E-state index contributed by atoms with van der Waals surface area (Å²) in [6.45, 7) is 4.21. The minimum absolute atomic E-state index is 0.141. The van der Waals surface area contributed by atoms with Crippen molar-refractivity contribution >= 4 is 23.4 Å². The van der Waals surface area contributed by atoms with Gasteiger partial charge in [-0.25, -0.2) is 4.68 Å². The second-order valence-electron chi connectivity index (χ2n) is 7.87. The van der Waals surface area contributed by atoms with Gasteiger partial charge in [0, 0.05) is 29.3 Å². The van der Waals surface area contributed by atoms with E-state index in [0.29, 0.717) is 28.9 Å². The molecule has 3 aromatic rings. The quantitative estimate of drug-likeness (QED) is 0.497. The summed E-state index contributed by atoms with van der Waals surface area (Å²) < 4.78 is 1.46. The average Bonchev–Trinajstić information content (AvgIpc) is 3.53. The molecule has 0 aliphatic heterocycles. The molecule has 1 saturated carbocycles. The molecule has 0 radical (unpaired) electrons. The topological polar surface area (TPSA) is 119 Å². The molecule has 4 rings (SSSR count). The summed E-state index contributed by atoms with van der Waals surface area (Å²) in [5, 5.41) is 10.00. The Bertz CT molecular complexity index is 1210. The smallest absolute Gasteiger partial charge is 0.251 e. The number of nitrogens with one attached hydrogen (secondary N) is 2. The molecular weight excluding hydrogens is 406 g/mol. The van der Waals surface area contributed by atoms with Crippen molar-refractivity contribution < 1.29 is 14.4 Å². The molecule has 32 heavy (non-hydrogen) atoms. The van der Waals surface area contributed by atoms with Gasteiger partial charge in [-0.3, -0.25) is 14.4 Å². The lowest BCUT2D eigenvalue weighted by Crippen LogP contribution is -2.25. The van der Waals surface area contributed by atoms with E-state index in [1.165, 1.54) is 16.9 Å². The first-order valence-electron chi connectivity index (χ1n) is 10.6. The van der Waals surface area contributed by atoms with Gasteiger partial charge < -0.3 is 16.4 Å². The molecule has 1 aliphatic rings. The fourth-order valence-corrected chi connectivity index (χ4v) is 3.42. The zero-order valence-corrected chi connectivity index (χ0v) is 18.0. The molecule has 8 heteroatoms. The molecule has 1 heterocycles. The Morgan fingerprint density at radius 2 is 1.78 bits per heavy atom. The van der Waals surface area contributed by atoms with Crippen molar-refractivity contribution in [3.63, 3.8) is 0 Å². The molecule has 0 saturated heterocycles. The second-order valence-corrected chi connectivity index (χ2v) is 7.87. The summed E-state index contributed by atoms with van der Waals surface area (Å²) in [6, 6.07) is 12.0. The Labute approximate surface area is 185 Å². The Hall–Kier alpha value is -3.94. The maximum absolute atomic E-state index is 13.1. The van der Waals surface area contributed by atoms with Crippen LogP contribution >= 0.6 is 0 Å². The summed E-state index contributed by atoms with van der Waals surface area (Å²) in [7, 11) is 0. The zero-order chi connectivity index (χ0) is 22.8. The van der Waals surface area contributed by atoms with Crippen LogP contribution in [0.5, 0.6) is 0 Å². The number of nitrogens with two attached hydrogens (primary N) is 1. The zero-order valence-electron chi connectivity index (χ0n) is 18.0. The van der Waals surface area contributed by atoms with Gasteiger partial charge in [-0.05, 0) is 56.5 Å². The molecule has 4 N–H and O–H groups in total. The summed E-state index contributed by atoms with van der Waals surface area (Å²) in [5.41, 5.74) is 9.27. The van der Waals surface area contributed by atoms with E-state index in [4.69, 9.17) is 5.73 Å². The normalized spacial score (nSPS) is 12.9. The number of aryl methyl sites for hydroxylation is 1. The maximum atomic E-state index is 13.1. The van der Waals surface area contributed by atoms with Crippen molar-refractivity contribution in [1.29, 1.82) is 0 Å². The number of carbonyl (C=O) groups is 3. The highest BCUT2D eigenvalue weighted by Crippen LogP contribution is 2.25. The van der Waals surface area contributed by atoms with Gasteiger partial charge in [-0.1, -0.05) is 18.2 Å². The number of carbonyl (C=O) groups excluding carboxylic acids is 3. The number of anilines is 1. The number of hydrogen-bond donors (Lipinski definition) is 3. The predicted octanol–water partition coefficient (Wildman–Crippen LogP) is 2.64. The predicted molar refractivity (Wildman–Crippen MR) is 121 cm³/mol. The third kappa shape index (κ3) is 4.25. The number of nitrogens with zero attached hydrogens (tertiary/aromatic N) is 2. The van der Waals surface area contributed by atoms with Crippen molar-refractivity contribution in [2.24, 2.45) is 0 Å². The van der Waals surface area contributed by atoms with Crippen LogP contribution in [0.1, 0.15) is 62.0 Å². The standard InChI is InChI=1S/C24H25N5O3/c1-3-26-23(31)16-6-4-5-15(11-16)21(30)19-13-27-29(22(19)25)20-12-17(8-7-14(20)2)24(32)28-18-9-10-18/h4-8,11-13,18H,3,9-10,25H2,1-2H3,(H,26,31)(H,28,32). The van der Waals surface area contributed by atoms with E-state index in [2.05, 4.69) is 15.7 Å². The van der Waals surface area contributed by atoms with Crippen molar-refractivity contribution in [2.45, 2.75) is 32.7 Å². The van der Waals surface area contributed by atoms with Gasteiger partial charge in [0.25, 0.3) is 11.8 Å². The molecule has 0 bridgehead atoms. The molecule has 164 valence electrons. The molecule has 0 spiro atoms. The summed E-state index contributed by atoms with van der Waals surface area (Å²) >= 11 is 0. The number of ketones is 1. The van der Waals surface area contributed by atoms with Crippen LogP contribution in [0.4, 0.5) is 5.82 Å². The molecule has 2 aromatic carbocycles. The Kier molecular flexibility index (Phi) is 5.77. The number of aromatic nitrogens is 2. The van der Waals surface area contributed by atoms with Crippen LogP contribution in [0.3, 0.4) is 0 Å². The van der Waals surface area contributed by atoms with Gasteiger partial charge in [0.2, 0.25) is 0 Å². The third-order valence-corrected chi connectivity index (χ3v) is 5.39. The lowest BCUT2D eigenvalue weighted by Gasteiger charge is -2.11. The fourth-order valence-electron chi connectivity index (χ4n) is 3.42. The number of nitrogen functional groups attached to an aromatic ring is 1. The van der Waals surface area contributed by atoms with Gasteiger partial charge in [0.05, 0.1) is 17.4 Å². The van der Waals surface area contributed by atoms with Gasteiger partial charge in [0.1, 0.15) is 5.82 Å². The van der Waals surface area contributed by atoms with Crippen molar-refractivity contribution in [2.75, 3.05) is 12.3 Å². The monoisotopic (exact) mass is 431 g/mol. The summed E-state index contributed by atoms with van der Waals surface area (Å²) in [4.78, 5) is 37.7. The highest BCUT2D eigenvalue weighted by atomic mass is 16.2. The van der Waals surface area contributed by atoms with E-state index in [-0.39, 0.29) is 35.0 Å². The first-order chi connectivity index (χ1) is 15.4. The van der Waals surface area contributed by atoms with Crippen molar-refractivity contribution in [1.82, 2.24) is 20.4 Å². The highest BCUT2D eigenvalue weighted by Gasteiger charge is 2.25. The molecule has 1 aromatic heterocycles.